The Bertz CT molecular complexity index is 793. The van der Waals surface area contributed by atoms with Crippen molar-refractivity contribution in [3.8, 4) is 5.75 Å². The van der Waals surface area contributed by atoms with Crippen molar-refractivity contribution in [1.29, 1.82) is 0 Å². The van der Waals surface area contributed by atoms with Gasteiger partial charge in [0.25, 0.3) is 0 Å². The van der Waals surface area contributed by atoms with Crippen molar-refractivity contribution in [1.82, 2.24) is 0 Å². The third-order valence-electron chi connectivity index (χ3n) is 4.63. The number of benzene rings is 2. The number of thioether (sulfide) groups is 2. The lowest BCUT2D eigenvalue weighted by molar-refractivity contribution is 0.163. The zero-order chi connectivity index (χ0) is 17.4. The molecule has 1 fully saturated rings. The van der Waals surface area contributed by atoms with Gasteiger partial charge in [-0.1, -0.05) is 12.1 Å². The van der Waals surface area contributed by atoms with E-state index in [1.54, 1.807) is 35.7 Å². The number of hydrogen-bond acceptors (Lipinski definition) is 4. The van der Waals surface area contributed by atoms with E-state index in [-0.39, 0.29) is 5.82 Å². The van der Waals surface area contributed by atoms with Crippen LogP contribution in [0.3, 0.4) is 0 Å². The molecular formula is C19H18BrFO2S2. The van der Waals surface area contributed by atoms with Crippen molar-refractivity contribution < 1.29 is 14.2 Å². The number of fused-ring (bicyclic) bond motifs is 1. The van der Waals surface area contributed by atoms with Gasteiger partial charge in [-0.05, 0) is 74.8 Å². The van der Waals surface area contributed by atoms with Gasteiger partial charge < -0.3 is 9.84 Å². The summed E-state index contributed by atoms with van der Waals surface area (Å²) >= 11 is 6.81. The molecule has 2 heterocycles. The zero-order valence-corrected chi connectivity index (χ0v) is 16.7. The minimum Gasteiger partial charge on any atom is -0.493 e. The van der Waals surface area contributed by atoms with Crippen molar-refractivity contribution in [3.05, 3.63) is 63.4 Å². The van der Waals surface area contributed by atoms with Crippen LogP contribution in [0.4, 0.5) is 4.39 Å². The minimum absolute atomic E-state index is 0.316. The maximum Gasteiger partial charge on any atom is 0.137 e. The van der Waals surface area contributed by atoms with Crippen LogP contribution in [-0.4, -0.2) is 23.2 Å². The second-order valence-corrected chi connectivity index (χ2v) is 10.0. The molecule has 25 heavy (non-hydrogen) atoms. The first-order chi connectivity index (χ1) is 12.1. The van der Waals surface area contributed by atoms with Gasteiger partial charge in [-0.15, -0.1) is 23.5 Å². The predicted octanol–water partition coefficient (Wildman–Crippen LogP) is 5.28. The highest BCUT2D eigenvalue weighted by Crippen LogP contribution is 2.58. The van der Waals surface area contributed by atoms with Crippen LogP contribution in [0.15, 0.2) is 40.9 Å². The summed E-state index contributed by atoms with van der Waals surface area (Å²) in [5, 5.41) is 11.3. The average Bonchev–Trinajstić information content (AvgIpc) is 3.12. The van der Waals surface area contributed by atoms with E-state index in [9.17, 15) is 9.50 Å². The smallest absolute Gasteiger partial charge is 0.137 e. The molecule has 2 aliphatic rings. The number of aliphatic hydroxyl groups is 1. The molecule has 1 N–H and O–H groups in total. The van der Waals surface area contributed by atoms with Gasteiger partial charge in [-0.2, -0.15) is 0 Å². The van der Waals surface area contributed by atoms with E-state index in [4.69, 9.17) is 4.74 Å². The number of aliphatic hydroxyl groups excluding tert-OH is 1. The number of halogens is 2. The topological polar surface area (TPSA) is 29.5 Å². The third-order valence-corrected chi connectivity index (χ3v) is 8.71. The molecule has 2 nitrogen and oxygen atoms in total. The van der Waals surface area contributed by atoms with E-state index in [0.717, 1.165) is 47.8 Å². The van der Waals surface area contributed by atoms with Crippen LogP contribution in [0.5, 0.6) is 5.75 Å². The molecule has 0 amide bonds. The summed E-state index contributed by atoms with van der Waals surface area (Å²) in [6.45, 7) is 0.722. The maximum atomic E-state index is 13.6. The van der Waals surface area contributed by atoms with Gasteiger partial charge in [0.2, 0.25) is 0 Å². The van der Waals surface area contributed by atoms with Crippen LogP contribution >= 0.6 is 39.5 Å². The standard InChI is InChI=1S/C19H18BrFO2S2/c20-15-11-13(2-4-16(15)21)18(22)19(24-8-1-9-25-19)14-3-5-17-12(10-14)6-7-23-17/h2-5,10-11,18,22H,1,6-9H2. The maximum absolute atomic E-state index is 13.6. The fourth-order valence-corrected chi connectivity index (χ4v) is 7.11. The quantitative estimate of drug-likeness (QED) is 0.702. The lowest BCUT2D eigenvalue weighted by Gasteiger charge is -2.40. The van der Waals surface area contributed by atoms with Crippen molar-refractivity contribution >= 4 is 39.5 Å². The van der Waals surface area contributed by atoms with Crippen LogP contribution in [0.25, 0.3) is 0 Å². The van der Waals surface area contributed by atoms with E-state index in [2.05, 4.69) is 28.1 Å². The van der Waals surface area contributed by atoms with Gasteiger partial charge in [0, 0.05) is 6.42 Å². The predicted molar refractivity (Wildman–Crippen MR) is 106 cm³/mol. The summed E-state index contributed by atoms with van der Waals surface area (Å²) in [4.78, 5) is 0. The molecule has 1 atom stereocenters. The van der Waals surface area contributed by atoms with Crippen LogP contribution in [0, 0.1) is 5.82 Å². The zero-order valence-electron chi connectivity index (χ0n) is 13.5. The molecular weight excluding hydrogens is 423 g/mol. The second kappa shape index (κ2) is 7.14. The normalized spacial score (nSPS) is 20.0. The molecule has 4 rings (SSSR count). The molecule has 6 heteroatoms. The third kappa shape index (κ3) is 3.22. The molecule has 0 spiro atoms. The fourth-order valence-electron chi connectivity index (χ4n) is 3.34. The molecule has 0 saturated carbocycles. The van der Waals surface area contributed by atoms with Gasteiger partial charge in [0.05, 0.1) is 11.1 Å². The van der Waals surface area contributed by atoms with Gasteiger partial charge in [-0.25, -0.2) is 4.39 Å². The minimum atomic E-state index is -0.722. The second-order valence-electron chi connectivity index (χ2n) is 6.22. The highest BCUT2D eigenvalue weighted by molar-refractivity contribution is 9.10. The summed E-state index contributed by atoms with van der Waals surface area (Å²) < 4.78 is 19.1. The van der Waals surface area contributed by atoms with E-state index in [1.807, 2.05) is 6.07 Å². The Morgan fingerprint density at radius 2 is 1.96 bits per heavy atom. The Labute approximate surface area is 163 Å². The van der Waals surface area contributed by atoms with Crippen molar-refractivity contribution in [2.24, 2.45) is 0 Å². The largest absolute Gasteiger partial charge is 0.493 e. The first-order valence-corrected chi connectivity index (χ1v) is 11.0. The summed E-state index contributed by atoms with van der Waals surface area (Å²) in [5.74, 6) is 2.63. The number of rotatable bonds is 3. The van der Waals surface area contributed by atoms with Gasteiger partial charge in [0.1, 0.15) is 21.7 Å². The van der Waals surface area contributed by atoms with E-state index in [0.29, 0.717) is 4.47 Å². The average molecular weight is 441 g/mol. The molecule has 0 aliphatic carbocycles. The molecule has 2 aromatic carbocycles. The molecule has 2 aliphatic heterocycles. The Kier molecular flexibility index (Phi) is 5.06. The lowest BCUT2D eigenvalue weighted by Crippen LogP contribution is -2.30. The molecule has 0 radical (unpaired) electrons. The van der Waals surface area contributed by atoms with Crippen LogP contribution < -0.4 is 4.74 Å². The first-order valence-electron chi connectivity index (χ1n) is 8.27. The van der Waals surface area contributed by atoms with E-state index < -0.39 is 10.2 Å². The van der Waals surface area contributed by atoms with E-state index >= 15 is 0 Å². The Balaban J connectivity index is 1.77. The molecule has 132 valence electrons. The Morgan fingerprint density at radius 3 is 2.72 bits per heavy atom. The highest BCUT2D eigenvalue weighted by atomic mass is 79.9. The van der Waals surface area contributed by atoms with E-state index in [1.165, 1.54) is 11.6 Å². The summed E-state index contributed by atoms with van der Waals surface area (Å²) in [6.07, 6.45) is 1.32. The van der Waals surface area contributed by atoms with Gasteiger partial charge >= 0.3 is 0 Å². The fraction of sp³-hybridized carbons (Fsp3) is 0.368. The number of ether oxygens (including phenoxy) is 1. The SMILES string of the molecule is OC(c1ccc(F)c(Br)c1)C1(c2ccc3c(c2)CCO3)SCCCS1. The van der Waals surface area contributed by atoms with Crippen LogP contribution in [0.2, 0.25) is 0 Å². The van der Waals surface area contributed by atoms with Gasteiger partial charge in [0.15, 0.2) is 0 Å². The molecule has 1 unspecified atom stereocenters. The first kappa shape index (κ1) is 17.7. The monoisotopic (exact) mass is 440 g/mol. The highest BCUT2D eigenvalue weighted by Gasteiger charge is 2.44. The summed E-state index contributed by atoms with van der Waals surface area (Å²) in [5.41, 5.74) is 3.04. The van der Waals surface area contributed by atoms with Gasteiger partial charge in [-0.3, -0.25) is 0 Å². The van der Waals surface area contributed by atoms with Crippen LogP contribution in [0.1, 0.15) is 29.2 Å². The van der Waals surface area contributed by atoms with Crippen LogP contribution in [-0.2, 0) is 10.5 Å². The van der Waals surface area contributed by atoms with Crippen molar-refractivity contribution in [2.45, 2.75) is 23.0 Å². The summed E-state index contributed by atoms with van der Waals surface area (Å²) in [6, 6.07) is 11.0. The number of hydrogen-bond donors (Lipinski definition) is 1. The van der Waals surface area contributed by atoms with Crippen molar-refractivity contribution in [3.63, 3.8) is 0 Å². The lowest BCUT2D eigenvalue weighted by atomic mass is 9.98. The van der Waals surface area contributed by atoms with Crippen molar-refractivity contribution in [2.75, 3.05) is 18.1 Å². The molecule has 1 saturated heterocycles. The molecule has 0 bridgehead atoms. The summed E-state index contributed by atoms with van der Waals surface area (Å²) in [7, 11) is 0. The Hall–Kier alpha value is -0.690. The molecule has 0 aromatic heterocycles. The Morgan fingerprint density at radius 1 is 1.16 bits per heavy atom. The molecule has 2 aromatic rings.